The molecule has 1 rings (SSSR count). The average Bonchev–Trinajstić information content (AvgIpc) is 2.25. The third-order valence-corrected chi connectivity index (χ3v) is 2.28. The van der Waals surface area contributed by atoms with Crippen LogP contribution in [-0.4, -0.2) is 11.3 Å². The molecule has 9 heteroatoms. The van der Waals surface area contributed by atoms with Crippen LogP contribution in [0, 0.1) is 11.3 Å². The molecule has 19 heavy (non-hydrogen) atoms. The van der Waals surface area contributed by atoms with Gasteiger partial charge in [-0.25, -0.2) is 0 Å². The van der Waals surface area contributed by atoms with Gasteiger partial charge in [0.05, 0.1) is 17.2 Å². The van der Waals surface area contributed by atoms with Crippen molar-refractivity contribution in [2.45, 2.75) is 18.4 Å². The Labute approximate surface area is 102 Å². The molecule has 0 unspecified atom stereocenters. The van der Waals surface area contributed by atoms with E-state index in [4.69, 9.17) is 11.0 Å². The fraction of sp³-hybridized carbons (Fsp3) is 0.300. The number of halogens is 6. The van der Waals surface area contributed by atoms with Gasteiger partial charge in [-0.1, -0.05) is 0 Å². The Hall–Kier alpha value is -1.95. The van der Waals surface area contributed by atoms with Gasteiger partial charge in [0, 0.05) is 5.56 Å². The Morgan fingerprint density at radius 2 is 1.68 bits per heavy atom. The standard InChI is InChI=1S/C10H6F6N2O/c11-9(12,13)6-2-7(19)5(1-4(6)3-17)8(18)10(14,15)16/h1-2,8,19H,18H2/t8-/m1/s1. The number of hydrogen-bond donors (Lipinski definition) is 2. The first-order valence-corrected chi connectivity index (χ1v) is 4.65. The molecule has 0 bridgehead atoms. The van der Waals surface area contributed by atoms with Crippen LogP contribution < -0.4 is 5.73 Å². The highest BCUT2D eigenvalue weighted by molar-refractivity contribution is 5.50. The number of hydrogen-bond acceptors (Lipinski definition) is 3. The Morgan fingerprint density at radius 3 is 2.05 bits per heavy atom. The summed E-state index contributed by atoms with van der Waals surface area (Å²) >= 11 is 0. The smallest absolute Gasteiger partial charge is 0.417 e. The molecule has 0 spiro atoms. The zero-order chi connectivity index (χ0) is 15.0. The van der Waals surface area contributed by atoms with Crippen molar-refractivity contribution in [3.8, 4) is 11.8 Å². The van der Waals surface area contributed by atoms with Gasteiger partial charge in [0.2, 0.25) is 0 Å². The minimum Gasteiger partial charge on any atom is -0.508 e. The van der Waals surface area contributed by atoms with Crippen LogP contribution in [0.5, 0.6) is 5.75 Å². The van der Waals surface area contributed by atoms with Gasteiger partial charge in [0.1, 0.15) is 11.8 Å². The lowest BCUT2D eigenvalue weighted by Crippen LogP contribution is -2.28. The predicted molar refractivity (Wildman–Crippen MR) is 50.8 cm³/mol. The number of aromatic hydroxyl groups is 1. The first-order chi connectivity index (χ1) is 8.48. The van der Waals surface area contributed by atoms with Crippen molar-refractivity contribution in [3.05, 3.63) is 28.8 Å². The summed E-state index contributed by atoms with van der Waals surface area (Å²) in [4.78, 5) is 0. The van der Waals surface area contributed by atoms with Crippen LogP contribution in [-0.2, 0) is 6.18 Å². The number of nitrogens with two attached hydrogens (primary N) is 1. The van der Waals surface area contributed by atoms with E-state index >= 15 is 0 Å². The van der Waals surface area contributed by atoms with Gasteiger partial charge in [-0.15, -0.1) is 0 Å². The number of nitrogens with zero attached hydrogens (tertiary/aromatic N) is 1. The fourth-order valence-corrected chi connectivity index (χ4v) is 1.36. The third-order valence-electron chi connectivity index (χ3n) is 2.28. The Kier molecular flexibility index (Phi) is 3.67. The molecule has 1 aromatic rings. The van der Waals surface area contributed by atoms with Crippen LogP contribution in [0.15, 0.2) is 12.1 Å². The second-order valence-electron chi connectivity index (χ2n) is 3.59. The maximum Gasteiger partial charge on any atom is 0.417 e. The Bertz CT molecular complexity index is 529. The summed E-state index contributed by atoms with van der Waals surface area (Å²) < 4.78 is 74.4. The second kappa shape index (κ2) is 4.62. The van der Waals surface area contributed by atoms with E-state index in [0.29, 0.717) is 0 Å². The molecule has 0 aromatic heterocycles. The maximum atomic E-state index is 12.5. The molecule has 0 heterocycles. The monoisotopic (exact) mass is 284 g/mol. The summed E-state index contributed by atoms with van der Waals surface area (Å²) in [5.74, 6) is -1.27. The van der Waals surface area contributed by atoms with Gasteiger partial charge < -0.3 is 10.8 Å². The highest BCUT2D eigenvalue weighted by atomic mass is 19.4. The largest absolute Gasteiger partial charge is 0.508 e. The lowest BCUT2D eigenvalue weighted by molar-refractivity contribution is -0.149. The van der Waals surface area contributed by atoms with Gasteiger partial charge >= 0.3 is 12.4 Å². The summed E-state index contributed by atoms with van der Waals surface area (Å²) in [6.45, 7) is 0. The number of rotatable bonds is 1. The predicted octanol–water partition coefficient (Wildman–Crippen LogP) is 2.84. The SMILES string of the molecule is N#Cc1cc([C@@H](N)C(F)(F)F)c(O)cc1C(F)(F)F. The number of nitriles is 1. The summed E-state index contributed by atoms with van der Waals surface area (Å²) in [6, 6.07) is -1.21. The van der Waals surface area contributed by atoms with Crippen LogP contribution in [0.4, 0.5) is 26.3 Å². The molecule has 1 aromatic carbocycles. The molecule has 0 aliphatic rings. The third kappa shape index (κ3) is 3.08. The van der Waals surface area contributed by atoms with Gasteiger partial charge in [-0.05, 0) is 12.1 Å². The molecule has 0 aliphatic carbocycles. The normalized spacial score (nSPS) is 14.0. The van der Waals surface area contributed by atoms with E-state index in [1.165, 1.54) is 0 Å². The van der Waals surface area contributed by atoms with Crippen molar-refractivity contribution in [2.24, 2.45) is 5.73 Å². The van der Waals surface area contributed by atoms with E-state index in [2.05, 4.69) is 0 Å². The number of phenolic OH excluding ortho intramolecular Hbond substituents is 1. The number of alkyl halides is 6. The van der Waals surface area contributed by atoms with Gasteiger partial charge in [0.15, 0.2) is 0 Å². The zero-order valence-corrected chi connectivity index (χ0v) is 8.97. The summed E-state index contributed by atoms with van der Waals surface area (Å²) in [5.41, 5.74) is 1.23. The molecule has 0 aliphatic heterocycles. The van der Waals surface area contributed by atoms with Crippen LogP contribution >= 0.6 is 0 Å². The van der Waals surface area contributed by atoms with E-state index in [1.807, 2.05) is 0 Å². The molecule has 0 saturated carbocycles. The summed E-state index contributed by atoms with van der Waals surface area (Å²) in [6.07, 6.45) is -9.92. The summed E-state index contributed by atoms with van der Waals surface area (Å²) in [5, 5.41) is 17.7. The minimum absolute atomic E-state index is 0.0550. The lowest BCUT2D eigenvalue weighted by atomic mass is 9.98. The number of phenols is 1. The van der Waals surface area contributed by atoms with Gasteiger partial charge in [-0.2, -0.15) is 31.6 Å². The van der Waals surface area contributed by atoms with E-state index in [0.717, 1.165) is 6.07 Å². The van der Waals surface area contributed by atoms with Crippen molar-refractivity contribution < 1.29 is 31.4 Å². The van der Waals surface area contributed by atoms with Gasteiger partial charge in [0.25, 0.3) is 0 Å². The minimum atomic E-state index is -4.97. The molecule has 3 N–H and O–H groups in total. The first kappa shape index (κ1) is 15.1. The molecule has 104 valence electrons. The molecule has 3 nitrogen and oxygen atoms in total. The first-order valence-electron chi connectivity index (χ1n) is 4.65. The van der Waals surface area contributed by atoms with Crippen molar-refractivity contribution in [3.63, 3.8) is 0 Å². The van der Waals surface area contributed by atoms with Crippen LogP contribution in [0.1, 0.15) is 22.7 Å². The lowest BCUT2D eigenvalue weighted by Gasteiger charge is -2.19. The van der Waals surface area contributed by atoms with Crippen molar-refractivity contribution in [2.75, 3.05) is 0 Å². The molecular weight excluding hydrogens is 278 g/mol. The zero-order valence-electron chi connectivity index (χ0n) is 8.97. The highest BCUT2D eigenvalue weighted by Gasteiger charge is 2.41. The van der Waals surface area contributed by atoms with E-state index in [-0.39, 0.29) is 12.1 Å². The Balaban J connectivity index is 3.46. The summed E-state index contributed by atoms with van der Waals surface area (Å²) in [7, 11) is 0. The van der Waals surface area contributed by atoms with Crippen molar-refractivity contribution in [1.29, 1.82) is 5.26 Å². The second-order valence-corrected chi connectivity index (χ2v) is 3.59. The van der Waals surface area contributed by atoms with Crippen LogP contribution in [0.3, 0.4) is 0 Å². The molecule has 1 atom stereocenters. The molecule has 0 fully saturated rings. The average molecular weight is 284 g/mol. The number of benzene rings is 1. The van der Waals surface area contributed by atoms with Crippen molar-refractivity contribution in [1.82, 2.24) is 0 Å². The molecule has 0 saturated heterocycles. The quantitative estimate of drug-likeness (QED) is 0.779. The topological polar surface area (TPSA) is 70.0 Å². The maximum absolute atomic E-state index is 12.5. The molecular formula is C10H6F6N2O. The van der Waals surface area contributed by atoms with Crippen LogP contribution in [0.25, 0.3) is 0 Å². The van der Waals surface area contributed by atoms with Gasteiger partial charge in [-0.3, -0.25) is 0 Å². The highest BCUT2D eigenvalue weighted by Crippen LogP contribution is 2.40. The van der Waals surface area contributed by atoms with E-state index < -0.39 is 40.8 Å². The van der Waals surface area contributed by atoms with Crippen LogP contribution in [0.2, 0.25) is 0 Å². The van der Waals surface area contributed by atoms with Crippen molar-refractivity contribution >= 4 is 0 Å². The van der Waals surface area contributed by atoms with E-state index in [1.54, 1.807) is 0 Å². The molecule has 0 radical (unpaired) electrons. The fourth-order valence-electron chi connectivity index (χ4n) is 1.36. The Morgan fingerprint density at radius 1 is 1.16 bits per heavy atom. The molecule has 0 amide bonds. The van der Waals surface area contributed by atoms with E-state index in [9.17, 15) is 31.4 Å².